The molecule has 18 heavy (non-hydrogen) atoms. The van der Waals surface area contributed by atoms with Gasteiger partial charge in [-0.3, -0.25) is 4.79 Å². The Kier molecular flexibility index (Phi) is 3.93. The first-order chi connectivity index (χ1) is 8.58. The van der Waals surface area contributed by atoms with E-state index in [-0.39, 0.29) is 16.9 Å². The van der Waals surface area contributed by atoms with Gasteiger partial charge in [-0.25, -0.2) is 9.97 Å². The molecular weight excluding hydrogens is 318 g/mol. The summed E-state index contributed by atoms with van der Waals surface area (Å²) in [5.41, 5.74) is 1.43. The maximum absolute atomic E-state index is 12.0. The highest BCUT2D eigenvalue weighted by molar-refractivity contribution is 9.10. The summed E-state index contributed by atoms with van der Waals surface area (Å²) in [6.45, 7) is 1.86. The lowest BCUT2D eigenvalue weighted by atomic mass is 10.1. The van der Waals surface area contributed by atoms with Crippen molar-refractivity contribution in [2.45, 2.75) is 6.92 Å². The number of amides is 1. The number of benzene rings is 1. The normalized spacial score (nSPS) is 10.2. The van der Waals surface area contributed by atoms with E-state index in [2.05, 4.69) is 31.2 Å². The van der Waals surface area contributed by atoms with Crippen LogP contribution in [0.15, 0.2) is 35.1 Å². The molecule has 0 aliphatic heterocycles. The number of carbonyl (C=O) groups is 1. The molecule has 0 radical (unpaired) electrons. The fourth-order valence-corrected chi connectivity index (χ4v) is 2.09. The number of rotatable bonds is 2. The quantitative estimate of drug-likeness (QED) is 0.919. The molecule has 2 rings (SSSR count). The van der Waals surface area contributed by atoms with Crippen LogP contribution in [0.2, 0.25) is 5.15 Å². The van der Waals surface area contributed by atoms with Gasteiger partial charge in [-0.2, -0.15) is 0 Å². The second kappa shape index (κ2) is 5.46. The molecule has 0 aliphatic rings. The summed E-state index contributed by atoms with van der Waals surface area (Å²) >= 11 is 9.17. The summed E-state index contributed by atoms with van der Waals surface area (Å²) in [7, 11) is 0. The van der Waals surface area contributed by atoms with Crippen LogP contribution in [-0.2, 0) is 0 Å². The summed E-state index contributed by atoms with van der Waals surface area (Å²) < 4.78 is 0.925. The van der Waals surface area contributed by atoms with Crippen molar-refractivity contribution < 1.29 is 4.79 Å². The van der Waals surface area contributed by atoms with Crippen LogP contribution < -0.4 is 5.32 Å². The van der Waals surface area contributed by atoms with E-state index in [1.807, 2.05) is 13.0 Å². The molecule has 92 valence electrons. The summed E-state index contributed by atoms with van der Waals surface area (Å²) in [5.74, 6) is -0.00566. The molecule has 0 saturated heterocycles. The Morgan fingerprint density at radius 2 is 2.06 bits per heavy atom. The predicted octanol–water partition coefficient (Wildman–Crippen LogP) is 3.45. The van der Waals surface area contributed by atoms with Crippen molar-refractivity contribution in [1.82, 2.24) is 9.97 Å². The van der Waals surface area contributed by atoms with Crippen molar-refractivity contribution in [3.05, 3.63) is 51.3 Å². The fourth-order valence-electron chi connectivity index (χ4n) is 1.46. The monoisotopic (exact) mass is 325 g/mol. The van der Waals surface area contributed by atoms with E-state index in [4.69, 9.17) is 11.6 Å². The van der Waals surface area contributed by atoms with Gasteiger partial charge in [0.1, 0.15) is 0 Å². The molecule has 0 atom stereocenters. The van der Waals surface area contributed by atoms with Crippen LogP contribution in [0.5, 0.6) is 0 Å². The molecule has 0 bridgehead atoms. The third-order valence-electron chi connectivity index (χ3n) is 2.32. The van der Waals surface area contributed by atoms with Gasteiger partial charge in [0.2, 0.25) is 0 Å². The number of hydrogen-bond acceptors (Lipinski definition) is 3. The highest BCUT2D eigenvalue weighted by Crippen LogP contribution is 2.19. The Labute approximate surface area is 118 Å². The second-order valence-electron chi connectivity index (χ2n) is 3.61. The first-order valence-corrected chi connectivity index (χ1v) is 6.29. The lowest BCUT2D eigenvalue weighted by Crippen LogP contribution is -2.14. The summed E-state index contributed by atoms with van der Waals surface area (Å²) in [6.07, 6.45) is 2.93. The molecule has 2 aromatic rings. The number of carbonyl (C=O) groups excluding carboxylic acids is 1. The van der Waals surface area contributed by atoms with Crippen molar-refractivity contribution in [3.8, 4) is 0 Å². The van der Waals surface area contributed by atoms with Crippen LogP contribution >= 0.6 is 27.5 Å². The molecule has 0 saturated carbocycles. The summed E-state index contributed by atoms with van der Waals surface area (Å²) in [4.78, 5) is 19.8. The van der Waals surface area contributed by atoms with Gasteiger partial charge < -0.3 is 5.32 Å². The van der Waals surface area contributed by atoms with Gasteiger partial charge in [0.05, 0.1) is 0 Å². The summed E-state index contributed by atoms with van der Waals surface area (Å²) in [6, 6.07) is 5.41. The lowest BCUT2D eigenvalue weighted by molar-refractivity contribution is 0.102. The maximum Gasteiger partial charge on any atom is 0.257 e. The Balaban J connectivity index is 2.25. The number of anilines is 1. The van der Waals surface area contributed by atoms with Gasteiger partial charge >= 0.3 is 0 Å². The van der Waals surface area contributed by atoms with Crippen LogP contribution in [0, 0.1) is 6.92 Å². The summed E-state index contributed by atoms with van der Waals surface area (Å²) in [5, 5.41) is 2.79. The molecule has 4 nitrogen and oxygen atoms in total. The number of hydrogen-bond donors (Lipinski definition) is 1. The van der Waals surface area contributed by atoms with Crippen molar-refractivity contribution >= 4 is 39.3 Å². The van der Waals surface area contributed by atoms with Gasteiger partial charge in [0, 0.05) is 22.4 Å². The van der Waals surface area contributed by atoms with Crippen LogP contribution in [0.4, 0.5) is 5.82 Å². The number of nitrogens with one attached hydrogen (secondary N) is 1. The Hall–Kier alpha value is -1.46. The highest BCUT2D eigenvalue weighted by Gasteiger charge is 2.12. The van der Waals surface area contributed by atoms with Crippen molar-refractivity contribution in [2.24, 2.45) is 0 Å². The van der Waals surface area contributed by atoms with Gasteiger partial charge in [-0.1, -0.05) is 27.5 Å². The molecule has 0 unspecified atom stereocenters. The average Bonchev–Trinajstić information content (AvgIpc) is 2.32. The van der Waals surface area contributed by atoms with Gasteiger partial charge in [0.15, 0.2) is 11.0 Å². The lowest BCUT2D eigenvalue weighted by Gasteiger charge is -2.07. The number of aryl methyl sites for hydroxylation is 1. The van der Waals surface area contributed by atoms with Crippen LogP contribution in [0.1, 0.15) is 15.9 Å². The molecule has 1 amide bonds. The molecule has 0 fully saturated rings. The minimum Gasteiger partial charge on any atom is -0.304 e. The molecule has 1 aromatic carbocycles. The van der Waals surface area contributed by atoms with Crippen molar-refractivity contribution in [1.29, 1.82) is 0 Å². The smallest absolute Gasteiger partial charge is 0.257 e. The molecule has 0 aliphatic carbocycles. The third-order valence-corrected chi connectivity index (χ3v) is 3.09. The highest BCUT2D eigenvalue weighted by atomic mass is 79.9. The van der Waals surface area contributed by atoms with E-state index in [0.29, 0.717) is 5.56 Å². The van der Waals surface area contributed by atoms with Crippen LogP contribution in [-0.4, -0.2) is 15.9 Å². The van der Waals surface area contributed by atoms with Crippen LogP contribution in [0.25, 0.3) is 0 Å². The molecular formula is C12H9BrClN3O. The van der Waals surface area contributed by atoms with E-state index < -0.39 is 0 Å². The first kappa shape index (κ1) is 13.0. The van der Waals surface area contributed by atoms with E-state index >= 15 is 0 Å². The van der Waals surface area contributed by atoms with Crippen LogP contribution in [0.3, 0.4) is 0 Å². The largest absolute Gasteiger partial charge is 0.304 e. The predicted molar refractivity (Wildman–Crippen MR) is 73.9 cm³/mol. The topological polar surface area (TPSA) is 54.9 Å². The van der Waals surface area contributed by atoms with Crippen molar-refractivity contribution in [2.75, 3.05) is 5.32 Å². The number of halogens is 2. The van der Waals surface area contributed by atoms with E-state index in [1.165, 1.54) is 12.4 Å². The van der Waals surface area contributed by atoms with E-state index in [0.717, 1.165) is 10.0 Å². The first-order valence-electron chi connectivity index (χ1n) is 5.12. The average molecular weight is 327 g/mol. The number of aromatic nitrogens is 2. The minimum absolute atomic E-state index is 0.167. The second-order valence-corrected chi connectivity index (χ2v) is 4.88. The van der Waals surface area contributed by atoms with Gasteiger partial charge in [-0.15, -0.1) is 0 Å². The van der Waals surface area contributed by atoms with Crippen molar-refractivity contribution in [3.63, 3.8) is 0 Å². The SMILES string of the molecule is Cc1cc(Br)ccc1C(=O)Nc1nccnc1Cl. The molecule has 0 spiro atoms. The van der Waals surface area contributed by atoms with Gasteiger partial charge in [0.25, 0.3) is 5.91 Å². The molecule has 6 heteroatoms. The maximum atomic E-state index is 12.0. The standard InChI is InChI=1S/C12H9BrClN3O/c1-7-6-8(13)2-3-9(7)12(18)17-11-10(14)15-4-5-16-11/h2-6H,1H3,(H,16,17,18). The Morgan fingerprint density at radius 1 is 1.33 bits per heavy atom. The van der Waals surface area contributed by atoms with E-state index in [9.17, 15) is 4.79 Å². The minimum atomic E-state index is -0.262. The third kappa shape index (κ3) is 2.86. The Morgan fingerprint density at radius 3 is 2.72 bits per heavy atom. The van der Waals surface area contributed by atoms with Gasteiger partial charge in [-0.05, 0) is 30.7 Å². The Bertz CT molecular complexity index is 604. The fraction of sp³-hybridized carbons (Fsp3) is 0.0833. The molecule has 1 aromatic heterocycles. The molecule has 1 heterocycles. The zero-order valence-electron chi connectivity index (χ0n) is 9.45. The zero-order valence-corrected chi connectivity index (χ0v) is 11.8. The number of nitrogens with zero attached hydrogens (tertiary/aromatic N) is 2. The van der Waals surface area contributed by atoms with E-state index in [1.54, 1.807) is 12.1 Å². The zero-order chi connectivity index (χ0) is 13.1. The molecule has 1 N–H and O–H groups in total.